The Morgan fingerprint density at radius 3 is 2.29 bits per heavy atom. The summed E-state index contributed by atoms with van der Waals surface area (Å²) in [4.78, 5) is 11.3. The first-order valence-corrected chi connectivity index (χ1v) is 7.50. The van der Waals surface area contributed by atoms with E-state index in [0.717, 1.165) is 17.1 Å². The van der Waals surface area contributed by atoms with Gasteiger partial charge in [0.05, 0.1) is 22.1 Å². The molecule has 6 heteroatoms. The summed E-state index contributed by atoms with van der Waals surface area (Å²) in [6, 6.07) is 7.39. The van der Waals surface area contributed by atoms with Crippen molar-refractivity contribution in [3.05, 3.63) is 39.2 Å². The van der Waals surface area contributed by atoms with E-state index in [2.05, 4.69) is 27.7 Å². The molecule has 0 amide bonds. The summed E-state index contributed by atoms with van der Waals surface area (Å²) in [5.74, 6) is -0.270. The molecule has 1 heterocycles. The van der Waals surface area contributed by atoms with Crippen molar-refractivity contribution in [2.75, 3.05) is 7.11 Å². The van der Waals surface area contributed by atoms with Crippen LogP contribution in [0, 0.1) is 3.57 Å². The van der Waals surface area contributed by atoms with Crippen LogP contribution in [0.25, 0.3) is 5.69 Å². The van der Waals surface area contributed by atoms with Crippen LogP contribution in [0.4, 0.5) is 0 Å². The molecule has 0 aliphatic heterocycles. The molecular formula is C15H17IN2O3. The van der Waals surface area contributed by atoms with Crippen LogP contribution in [0.15, 0.2) is 24.3 Å². The van der Waals surface area contributed by atoms with Gasteiger partial charge in [-0.15, -0.1) is 0 Å². The number of carbonyl (C=O) groups is 1. The number of hydrogen-bond donors (Lipinski definition) is 1. The van der Waals surface area contributed by atoms with E-state index >= 15 is 0 Å². The lowest BCUT2D eigenvalue weighted by Gasteiger charge is -2.21. The van der Waals surface area contributed by atoms with Crippen molar-refractivity contribution < 1.29 is 14.6 Å². The molecule has 0 radical (unpaired) electrons. The highest BCUT2D eigenvalue weighted by Crippen LogP contribution is 2.31. The first-order valence-electron chi connectivity index (χ1n) is 6.42. The number of aromatic carboxylic acids is 1. The monoisotopic (exact) mass is 400 g/mol. The van der Waals surface area contributed by atoms with Gasteiger partial charge in [0.2, 0.25) is 0 Å². The van der Waals surface area contributed by atoms with E-state index in [1.165, 1.54) is 0 Å². The molecule has 0 saturated carbocycles. The zero-order chi connectivity index (χ0) is 15.8. The minimum atomic E-state index is -1.02. The van der Waals surface area contributed by atoms with Gasteiger partial charge in [-0.1, -0.05) is 20.8 Å². The van der Waals surface area contributed by atoms with Crippen LogP contribution in [-0.4, -0.2) is 28.0 Å². The van der Waals surface area contributed by atoms with Crippen molar-refractivity contribution in [3.63, 3.8) is 0 Å². The molecule has 1 N–H and O–H groups in total. The lowest BCUT2D eigenvalue weighted by atomic mass is 9.91. The number of methoxy groups -OCH3 is 1. The summed E-state index contributed by atoms with van der Waals surface area (Å²) in [6.45, 7) is 6.12. The third-order valence-electron chi connectivity index (χ3n) is 3.06. The molecule has 0 aliphatic rings. The average Bonchev–Trinajstić information content (AvgIpc) is 2.76. The molecule has 5 nitrogen and oxygen atoms in total. The second-order valence-corrected chi connectivity index (χ2v) is 6.75. The summed E-state index contributed by atoms with van der Waals surface area (Å²) in [5, 5.41) is 13.6. The van der Waals surface area contributed by atoms with E-state index in [1.54, 1.807) is 11.8 Å². The van der Waals surface area contributed by atoms with Crippen molar-refractivity contribution in [2.45, 2.75) is 26.2 Å². The number of carboxylic acids is 1. The summed E-state index contributed by atoms with van der Waals surface area (Å²) >= 11 is 2.05. The number of carboxylic acid groups (broad SMARTS) is 1. The van der Waals surface area contributed by atoms with Crippen molar-refractivity contribution in [3.8, 4) is 11.4 Å². The van der Waals surface area contributed by atoms with Crippen molar-refractivity contribution in [1.29, 1.82) is 0 Å². The van der Waals surface area contributed by atoms with E-state index in [0.29, 0.717) is 3.57 Å². The number of nitrogens with zero attached hydrogens (tertiary/aromatic N) is 2. The van der Waals surface area contributed by atoms with Gasteiger partial charge in [-0.05, 0) is 46.9 Å². The average molecular weight is 400 g/mol. The van der Waals surface area contributed by atoms with Gasteiger partial charge in [-0.3, -0.25) is 0 Å². The van der Waals surface area contributed by atoms with Crippen LogP contribution in [0.3, 0.4) is 0 Å². The number of rotatable bonds is 3. The molecule has 1 aromatic heterocycles. The number of halogens is 1. The van der Waals surface area contributed by atoms with Gasteiger partial charge >= 0.3 is 5.97 Å². The zero-order valence-electron chi connectivity index (χ0n) is 12.3. The highest BCUT2D eigenvalue weighted by atomic mass is 127. The van der Waals surface area contributed by atoms with Gasteiger partial charge in [0, 0.05) is 5.41 Å². The first-order chi connectivity index (χ1) is 9.75. The van der Waals surface area contributed by atoms with Crippen LogP contribution in [-0.2, 0) is 5.41 Å². The molecular weight excluding hydrogens is 383 g/mol. The summed E-state index contributed by atoms with van der Waals surface area (Å²) in [7, 11) is 1.61. The number of ether oxygens (including phenoxy) is 1. The standard InChI is InChI=1S/C15H17IN2O3/c1-15(2,3)13-11(16)12(14(19)20)17-18(13)9-5-7-10(21-4)8-6-9/h5-8H,1-4H3,(H,19,20). The van der Waals surface area contributed by atoms with Crippen molar-refractivity contribution >= 4 is 28.6 Å². The van der Waals surface area contributed by atoms with Crippen LogP contribution in [0.5, 0.6) is 5.75 Å². The van der Waals surface area contributed by atoms with E-state index < -0.39 is 5.97 Å². The van der Waals surface area contributed by atoms with E-state index in [-0.39, 0.29) is 11.1 Å². The minimum absolute atomic E-state index is 0.0799. The Morgan fingerprint density at radius 2 is 1.86 bits per heavy atom. The maximum absolute atomic E-state index is 11.3. The Hall–Kier alpha value is -1.57. The molecule has 2 rings (SSSR count). The SMILES string of the molecule is COc1ccc(-n2nc(C(=O)O)c(I)c2C(C)(C)C)cc1. The van der Waals surface area contributed by atoms with Gasteiger partial charge in [0.1, 0.15) is 5.75 Å². The van der Waals surface area contributed by atoms with Crippen LogP contribution < -0.4 is 4.74 Å². The molecule has 0 unspecified atom stereocenters. The molecule has 1 aromatic carbocycles. The maximum atomic E-state index is 11.3. The van der Waals surface area contributed by atoms with E-state index in [1.807, 2.05) is 45.0 Å². The molecule has 0 bridgehead atoms. The van der Waals surface area contributed by atoms with Gasteiger partial charge in [0.25, 0.3) is 0 Å². The third-order valence-corrected chi connectivity index (χ3v) is 4.08. The lowest BCUT2D eigenvalue weighted by Crippen LogP contribution is -2.18. The predicted octanol–water partition coefficient (Wildman–Crippen LogP) is 3.48. The second kappa shape index (κ2) is 5.67. The summed E-state index contributed by atoms with van der Waals surface area (Å²) < 4.78 is 7.51. The van der Waals surface area contributed by atoms with E-state index in [4.69, 9.17) is 4.74 Å². The fourth-order valence-corrected chi connectivity index (χ4v) is 3.47. The Labute approximate surface area is 137 Å². The number of benzene rings is 1. The van der Waals surface area contributed by atoms with Gasteiger partial charge < -0.3 is 9.84 Å². The predicted molar refractivity (Wildman–Crippen MR) is 88.5 cm³/mol. The summed E-state index contributed by atoms with van der Waals surface area (Å²) in [5.41, 5.74) is 1.55. The lowest BCUT2D eigenvalue weighted by molar-refractivity contribution is 0.0689. The molecule has 0 fully saturated rings. The van der Waals surface area contributed by atoms with Crippen LogP contribution in [0.1, 0.15) is 37.0 Å². The Kier molecular flexibility index (Phi) is 4.27. The molecule has 21 heavy (non-hydrogen) atoms. The Morgan fingerprint density at radius 1 is 1.29 bits per heavy atom. The summed E-state index contributed by atoms with van der Waals surface area (Å²) in [6.07, 6.45) is 0. The highest BCUT2D eigenvalue weighted by molar-refractivity contribution is 14.1. The topological polar surface area (TPSA) is 64.4 Å². The molecule has 112 valence electrons. The van der Waals surface area contributed by atoms with Crippen molar-refractivity contribution in [2.24, 2.45) is 0 Å². The minimum Gasteiger partial charge on any atom is -0.497 e. The number of aromatic nitrogens is 2. The normalized spacial score (nSPS) is 11.5. The Bertz CT molecular complexity index is 669. The van der Waals surface area contributed by atoms with E-state index in [9.17, 15) is 9.90 Å². The third kappa shape index (κ3) is 3.04. The van der Waals surface area contributed by atoms with Gasteiger partial charge in [0.15, 0.2) is 5.69 Å². The molecule has 0 spiro atoms. The highest BCUT2D eigenvalue weighted by Gasteiger charge is 2.29. The van der Waals surface area contributed by atoms with Crippen LogP contribution in [0.2, 0.25) is 0 Å². The quantitative estimate of drug-likeness (QED) is 0.802. The molecule has 0 atom stereocenters. The fraction of sp³-hybridized carbons (Fsp3) is 0.333. The maximum Gasteiger partial charge on any atom is 0.357 e. The first kappa shape index (κ1) is 15.8. The second-order valence-electron chi connectivity index (χ2n) is 5.68. The van der Waals surface area contributed by atoms with Crippen LogP contribution >= 0.6 is 22.6 Å². The Balaban J connectivity index is 2.66. The molecule has 0 aliphatic carbocycles. The van der Waals surface area contributed by atoms with Gasteiger partial charge in [-0.2, -0.15) is 5.10 Å². The molecule has 2 aromatic rings. The zero-order valence-corrected chi connectivity index (χ0v) is 14.5. The molecule has 0 saturated heterocycles. The van der Waals surface area contributed by atoms with Gasteiger partial charge in [-0.25, -0.2) is 9.48 Å². The fourth-order valence-electron chi connectivity index (χ4n) is 2.09. The smallest absolute Gasteiger partial charge is 0.357 e. The largest absolute Gasteiger partial charge is 0.497 e. The number of hydrogen-bond acceptors (Lipinski definition) is 3. The van der Waals surface area contributed by atoms with Crippen molar-refractivity contribution in [1.82, 2.24) is 9.78 Å².